The molecule has 2 rings (SSSR count). The second-order valence-corrected chi connectivity index (χ2v) is 5.32. The average molecular weight is 321 g/mol. The number of benzene rings is 1. The Balaban J connectivity index is 1.99. The van der Waals surface area contributed by atoms with Gasteiger partial charge in [-0.3, -0.25) is 4.79 Å². The van der Waals surface area contributed by atoms with Crippen LogP contribution in [0, 0.1) is 0 Å². The van der Waals surface area contributed by atoms with E-state index in [1.54, 1.807) is 0 Å². The second kappa shape index (κ2) is 6.57. The fraction of sp³-hybridized carbons (Fsp3) is 0.267. The van der Waals surface area contributed by atoms with Crippen molar-refractivity contribution in [2.45, 2.75) is 26.4 Å². The molecule has 1 N–H and O–H groups in total. The fourth-order valence-electron chi connectivity index (χ4n) is 1.98. The molecule has 4 heteroatoms. The molecular weight excluding hydrogens is 304 g/mol. The van der Waals surface area contributed by atoms with Gasteiger partial charge in [0.2, 0.25) is 0 Å². The van der Waals surface area contributed by atoms with Crippen LogP contribution < -0.4 is 5.32 Å². The van der Waals surface area contributed by atoms with E-state index in [9.17, 15) is 4.79 Å². The van der Waals surface area contributed by atoms with Gasteiger partial charge in [0.05, 0.1) is 0 Å². The largest absolute Gasteiger partial charge is 0.347 e. The molecule has 1 amide bonds. The van der Waals surface area contributed by atoms with Crippen LogP contribution in [0.1, 0.15) is 29.4 Å². The number of hydrogen-bond acceptors (Lipinski definition) is 1. The summed E-state index contributed by atoms with van der Waals surface area (Å²) >= 11 is 3.42. The molecule has 0 radical (unpaired) electrons. The molecule has 2 aromatic rings. The Labute approximate surface area is 121 Å². The summed E-state index contributed by atoms with van der Waals surface area (Å²) in [7, 11) is 0. The minimum Gasteiger partial charge on any atom is -0.347 e. The standard InChI is InChI=1S/C15H17BrN2O/c1-2-8-18-9-4-7-14(18)15(19)17-11-12-5-3-6-13(16)10-12/h3-7,9-10H,2,8,11H2,1H3,(H,17,19). The van der Waals surface area contributed by atoms with E-state index in [-0.39, 0.29) is 5.91 Å². The summed E-state index contributed by atoms with van der Waals surface area (Å²) < 4.78 is 3.00. The Hall–Kier alpha value is -1.55. The highest BCUT2D eigenvalue weighted by molar-refractivity contribution is 9.10. The zero-order chi connectivity index (χ0) is 13.7. The zero-order valence-electron chi connectivity index (χ0n) is 10.9. The topological polar surface area (TPSA) is 34.0 Å². The van der Waals surface area contributed by atoms with Gasteiger partial charge in [-0.2, -0.15) is 0 Å². The highest BCUT2D eigenvalue weighted by Gasteiger charge is 2.09. The summed E-state index contributed by atoms with van der Waals surface area (Å²) in [6.45, 7) is 3.51. The maximum Gasteiger partial charge on any atom is 0.268 e. The highest BCUT2D eigenvalue weighted by Crippen LogP contribution is 2.11. The number of carbonyl (C=O) groups is 1. The van der Waals surface area contributed by atoms with Crippen molar-refractivity contribution in [1.29, 1.82) is 0 Å². The fourth-order valence-corrected chi connectivity index (χ4v) is 2.42. The lowest BCUT2D eigenvalue weighted by atomic mass is 10.2. The van der Waals surface area contributed by atoms with Gasteiger partial charge in [0.15, 0.2) is 0 Å². The number of aromatic nitrogens is 1. The summed E-state index contributed by atoms with van der Waals surface area (Å²) in [5.74, 6) is -0.0292. The van der Waals surface area contributed by atoms with E-state index in [2.05, 4.69) is 28.2 Å². The summed E-state index contributed by atoms with van der Waals surface area (Å²) in [4.78, 5) is 12.1. The maximum absolute atomic E-state index is 12.1. The first-order valence-corrected chi connectivity index (χ1v) is 7.18. The second-order valence-electron chi connectivity index (χ2n) is 4.40. The number of halogens is 1. The Morgan fingerprint density at radius 2 is 2.16 bits per heavy atom. The van der Waals surface area contributed by atoms with Crippen molar-refractivity contribution in [3.8, 4) is 0 Å². The van der Waals surface area contributed by atoms with Crippen LogP contribution in [0.4, 0.5) is 0 Å². The smallest absolute Gasteiger partial charge is 0.268 e. The van der Waals surface area contributed by atoms with Gasteiger partial charge in [-0.15, -0.1) is 0 Å². The van der Waals surface area contributed by atoms with Crippen molar-refractivity contribution in [2.24, 2.45) is 0 Å². The van der Waals surface area contributed by atoms with E-state index in [4.69, 9.17) is 0 Å². The summed E-state index contributed by atoms with van der Waals surface area (Å²) in [5.41, 5.74) is 1.80. The molecule has 0 saturated carbocycles. The van der Waals surface area contributed by atoms with Gasteiger partial charge in [-0.05, 0) is 36.2 Å². The van der Waals surface area contributed by atoms with Gasteiger partial charge in [0, 0.05) is 23.8 Å². The van der Waals surface area contributed by atoms with Crippen molar-refractivity contribution in [2.75, 3.05) is 0 Å². The van der Waals surface area contributed by atoms with Gasteiger partial charge in [-0.1, -0.05) is 35.0 Å². The van der Waals surface area contributed by atoms with Gasteiger partial charge in [0.25, 0.3) is 5.91 Å². The first kappa shape index (κ1) is 13.9. The Bertz CT molecular complexity index is 563. The normalized spacial score (nSPS) is 10.4. The molecule has 19 heavy (non-hydrogen) atoms. The minimum atomic E-state index is -0.0292. The SMILES string of the molecule is CCCn1cccc1C(=O)NCc1cccc(Br)c1. The molecule has 0 unspecified atom stereocenters. The quantitative estimate of drug-likeness (QED) is 0.897. The number of nitrogens with one attached hydrogen (secondary N) is 1. The van der Waals surface area contributed by atoms with Crippen LogP contribution in [0.25, 0.3) is 0 Å². The predicted octanol–water partition coefficient (Wildman–Crippen LogP) is 3.59. The third-order valence-electron chi connectivity index (χ3n) is 2.87. The molecule has 0 aliphatic carbocycles. The molecule has 0 aliphatic rings. The van der Waals surface area contributed by atoms with Crippen LogP contribution in [-0.4, -0.2) is 10.5 Å². The van der Waals surface area contributed by atoms with Gasteiger partial charge in [0.1, 0.15) is 5.69 Å². The minimum absolute atomic E-state index is 0.0292. The molecule has 0 saturated heterocycles. The van der Waals surface area contributed by atoms with Gasteiger partial charge in [-0.25, -0.2) is 0 Å². The highest BCUT2D eigenvalue weighted by atomic mass is 79.9. The molecule has 1 aromatic carbocycles. The van der Waals surface area contributed by atoms with Gasteiger partial charge >= 0.3 is 0 Å². The Kier molecular flexibility index (Phi) is 4.80. The van der Waals surface area contributed by atoms with Crippen molar-refractivity contribution in [3.63, 3.8) is 0 Å². The molecule has 0 bridgehead atoms. The van der Waals surface area contributed by atoms with E-state index in [1.165, 1.54) is 0 Å². The first-order valence-electron chi connectivity index (χ1n) is 6.38. The van der Waals surface area contributed by atoms with Crippen LogP contribution in [0.2, 0.25) is 0 Å². The molecule has 0 aliphatic heterocycles. The monoisotopic (exact) mass is 320 g/mol. The third kappa shape index (κ3) is 3.70. The van der Waals surface area contributed by atoms with Crippen molar-refractivity contribution in [1.82, 2.24) is 9.88 Å². The summed E-state index contributed by atoms with van der Waals surface area (Å²) in [5, 5.41) is 2.95. The average Bonchev–Trinajstić information content (AvgIpc) is 2.85. The lowest BCUT2D eigenvalue weighted by Crippen LogP contribution is -2.25. The van der Waals surface area contributed by atoms with Crippen molar-refractivity contribution < 1.29 is 4.79 Å². The van der Waals surface area contributed by atoms with E-state index in [0.717, 1.165) is 28.7 Å². The van der Waals surface area contributed by atoms with Crippen LogP contribution in [0.3, 0.4) is 0 Å². The van der Waals surface area contributed by atoms with E-state index < -0.39 is 0 Å². The third-order valence-corrected chi connectivity index (χ3v) is 3.36. The lowest BCUT2D eigenvalue weighted by Gasteiger charge is -2.09. The Morgan fingerprint density at radius 1 is 1.32 bits per heavy atom. The van der Waals surface area contributed by atoms with Crippen LogP contribution in [0.5, 0.6) is 0 Å². The van der Waals surface area contributed by atoms with Crippen LogP contribution >= 0.6 is 15.9 Å². The zero-order valence-corrected chi connectivity index (χ0v) is 12.5. The molecule has 100 valence electrons. The van der Waals surface area contributed by atoms with Gasteiger partial charge < -0.3 is 9.88 Å². The van der Waals surface area contributed by atoms with Crippen LogP contribution in [-0.2, 0) is 13.1 Å². The van der Waals surface area contributed by atoms with Crippen molar-refractivity contribution in [3.05, 3.63) is 58.3 Å². The molecule has 3 nitrogen and oxygen atoms in total. The van der Waals surface area contributed by atoms with Crippen molar-refractivity contribution >= 4 is 21.8 Å². The lowest BCUT2D eigenvalue weighted by molar-refractivity contribution is 0.0941. The molecule has 0 fully saturated rings. The molecule has 1 aromatic heterocycles. The number of amides is 1. The van der Waals surface area contributed by atoms with E-state index in [0.29, 0.717) is 6.54 Å². The number of rotatable bonds is 5. The predicted molar refractivity (Wildman–Crippen MR) is 80.0 cm³/mol. The number of aryl methyl sites for hydroxylation is 1. The number of carbonyl (C=O) groups excluding carboxylic acids is 1. The maximum atomic E-state index is 12.1. The first-order chi connectivity index (χ1) is 9.20. The summed E-state index contributed by atoms with van der Waals surface area (Å²) in [6.07, 6.45) is 2.96. The molecule has 0 spiro atoms. The number of nitrogens with zero attached hydrogens (tertiary/aromatic N) is 1. The Morgan fingerprint density at radius 3 is 2.89 bits per heavy atom. The summed E-state index contributed by atoms with van der Waals surface area (Å²) in [6, 6.07) is 11.7. The van der Waals surface area contributed by atoms with E-state index in [1.807, 2.05) is 47.2 Å². The number of hydrogen-bond donors (Lipinski definition) is 1. The molecule has 0 atom stereocenters. The molecule has 1 heterocycles. The van der Waals surface area contributed by atoms with Crippen LogP contribution in [0.15, 0.2) is 47.1 Å². The van der Waals surface area contributed by atoms with E-state index >= 15 is 0 Å². The molecular formula is C15H17BrN2O.